The van der Waals surface area contributed by atoms with Crippen molar-refractivity contribution in [1.29, 1.82) is 0 Å². The van der Waals surface area contributed by atoms with Gasteiger partial charge >= 0.3 is 0 Å². The number of carbonyl (C=O) groups excluding carboxylic acids is 1. The Bertz CT molecular complexity index is 975. The predicted octanol–water partition coefficient (Wildman–Crippen LogP) is 3.51. The fraction of sp³-hybridized carbons (Fsp3) is 0. The number of benzene rings is 2. The molecule has 0 saturated heterocycles. The van der Waals surface area contributed by atoms with Crippen LogP contribution in [0, 0.1) is 4.77 Å². The molecule has 0 bridgehead atoms. The van der Waals surface area contributed by atoms with Crippen molar-refractivity contribution in [3.05, 3.63) is 73.7 Å². The smallest absolute Gasteiger partial charge is 0.269 e. The Balaban J connectivity index is 2.31. The third kappa shape index (κ3) is 2.36. The highest BCUT2D eigenvalue weighted by Gasteiger charge is 2.16. The van der Waals surface area contributed by atoms with Crippen molar-refractivity contribution >= 4 is 45.0 Å². The van der Waals surface area contributed by atoms with Gasteiger partial charge < -0.3 is 4.98 Å². The molecule has 0 fully saturated rings. The molecule has 104 valence electrons. The molecule has 2 aromatic carbocycles. The Labute approximate surface area is 133 Å². The van der Waals surface area contributed by atoms with Crippen molar-refractivity contribution in [2.75, 3.05) is 0 Å². The van der Waals surface area contributed by atoms with Gasteiger partial charge in [-0.1, -0.05) is 24.3 Å². The fourth-order valence-corrected chi connectivity index (χ4v) is 2.83. The summed E-state index contributed by atoms with van der Waals surface area (Å²) in [6, 6.07) is 13.9. The van der Waals surface area contributed by atoms with Gasteiger partial charge in [-0.25, -0.2) is 4.57 Å². The molecule has 3 rings (SSSR count). The molecule has 1 N–H and O–H groups in total. The van der Waals surface area contributed by atoms with Crippen molar-refractivity contribution in [3.63, 3.8) is 0 Å². The summed E-state index contributed by atoms with van der Waals surface area (Å²) in [7, 11) is 0. The number of nitrogens with zero attached hydrogens (tertiary/aromatic N) is 1. The summed E-state index contributed by atoms with van der Waals surface area (Å²) in [5.74, 6) is -0.459. The van der Waals surface area contributed by atoms with E-state index in [1.165, 1.54) is 0 Å². The number of carbonyl (C=O) groups is 1. The van der Waals surface area contributed by atoms with E-state index in [0.29, 0.717) is 20.9 Å². The molecule has 0 aliphatic rings. The van der Waals surface area contributed by atoms with E-state index in [4.69, 9.17) is 12.2 Å². The third-order valence-electron chi connectivity index (χ3n) is 3.11. The van der Waals surface area contributed by atoms with Crippen LogP contribution >= 0.6 is 28.1 Å². The van der Waals surface area contributed by atoms with Crippen LogP contribution in [-0.2, 0) is 0 Å². The quantitative estimate of drug-likeness (QED) is 0.675. The van der Waals surface area contributed by atoms with Crippen molar-refractivity contribution in [2.24, 2.45) is 0 Å². The van der Waals surface area contributed by atoms with Crippen LogP contribution in [0.5, 0.6) is 0 Å². The summed E-state index contributed by atoms with van der Waals surface area (Å²) in [4.78, 5) is 28.0. The molecule has 6 heteroatoms. The molecule has 0 aliphatic heterocycles. The second-order valence-electron chi connectivity index (χ2n) is 4.40. The van der Waals surface area contributed by atoms with E-state index in [0.717, 1.165) is 4.57 Å². The van der Waals surface area contributed by atoms with E-state index in [1.54, 1.807) is 48.5 Å². The number of fused-ring (bicyclic) bond motifs is 1. The largest absolute Gasteiger partial charge is 0.331 e. The monoisotopic (exact) mass is 360 g/mol. The predicted molar refractivity (Wildman–Crippen MR) is 87.3 cm³/mol. The van der Waals surface area contributed by atoms with Crippen LogP contribution in [0.1, 0.15) is 10.4 Å². The molecular weight excluding hydrogens is 352 g/mol. The highest BCUT2D eigenvalue weighted by Crippen LogP contribution is 2.17. The number of hydrogen-bond acceptors (Lipinski definition) is 3. The number of aromatic nitrogens is 2. The van der Waals surface area contributed by atoms with Crippen LogP contribution in [0.15, 0.2) is 57.8 Å². The van der Waals surface area contributed by atoms with Gasteiger partial charge in [0.2, 0.25) is 0 Å². The maximum Gasteiger partial charge on any atom is 0.269 e. The Kier molecular flexibility index (Phi) is 3.57. The molecular formula is C15H9BrN2O2S. The molecule has 0 aliphatic carbocycles. The molecule has 21 heavy (non-hydrogen) atoms. The minimum Gasteiger partial charge on any atom is -0.331 e. The number of hydrogen-bond donors (Lipinski definition) is 1. The lowest BCUT2D eigenvalue weighted by molar-refractivity contribution is 0.0953. The van der Waals surface area contributed by atoms with E-state index in [-0.39, 0.29) is 4.77 Å². The number of halogens is 1. The van der Waals surface area contributed by atoms with Crippen molar-refractivity contribution in [1.82, 2.24) is 9.55 Å². The zero-order valence-electron chi connectivity index (χ0n) is 10.7. The highest BCUT2D eigenvalue weighted by molar-refractivity contribution is 9.10. The first-order valence-corrected chi connectivity index (χ1v) is 7.33. The number of rotatable bonds is 1. The van der Waals surface area contributed by atoms with Crippen LogP contribution in [0.4, 0.5) is 0 Å². The summed E-state index contributed by atoms with van der Waals surface area (Å²) in [6.07, 6.45) is 0. The minimum absolute atomic E-state index is 0.0828. The standard InChI is InChI=1S/C15H9BrN2O2S/c16-11-7-3-1-5-9(11)13(19)18-14(20)10-6-2-4-8-12(10)17-15(18)21/h1-8H,(H,17,21). The molecule has 0 unspecified atom stereocenters. The molecule has 3 aromatic rings. The van der Waals surface area contributed by atoms with Gasteiger partial charge in [0.25, 0.3) is 11.5 Å². The number of para-hydroxylation sites is 1. The normalized spacial score (nSPS) is 10.7. The van der Waals surface area contributed by atoms with Crippen LogP contribution in [0.2, 0.25) is 0 Å². The number of H-pyrrole nitrogens is 1. The van der Waals surface area contributed by atoms with E-state index in [1.807, 2.05) is 0 Å². The average molecular weight is 361 g/mol. The summed E-state index contributed by atoms with van der Waals surface area (Å²) in [5.41, 5.74) is 0.577. The van der Waals surface area contributed by atoms with Crippen LogP contribution in [-0.4, -0.2) is 15.5 Å². The van der Waals surface area contributed by atoms with Crippen LogP contribution in [0.3, 0.4) is 0 Å². The summed E-state index contributed by atoms with van der Waals surface area (Å²) in [6.45, 7) is 0. The van der Waals surface area contributed by atoms with Gasteiger partial charge in [0.05, 0.1) is 16.5 Å². The maximum atomic E-state index is 12.6. The van der Waals surface area contributed by atoms with Gasteiger partial charge in [-0.3, -0.25) is 9.59 Å². The zero-order valence-corrected chi connectivity index (χ0v) is 13.1. The molecule has 0 radical (unpaired) electrons. The molecule has 1 aromatic heterocycles. The Morgan fingerprint density at radius 3 is 2.52 bits per heavy atom. The van der Waals surface area contributed by atoms with Gasteiger partial charge in [0.15, 0.2) is 4.77 Å². The van der Waals surface area contributed by atoms with Crippen LogP contribution in [0.25, 0.3) is 10.9 Å². The Morgan fingerprint density at radius 1 is 1.10 bits per heavy atom. The first-order chi connectivity index (χ1) is 10.1. The maximum absolute atomic E-state index is 12.6. The Hall–Kier alpha value is -2.05. The van der Waals surface area contributed by atoms with Crippen molar-refractivity contribution in [2.45, 2.75) is 0 Å². The Morgan fingerprint density at radius 2 is 1.76 bits per heavy atom. The van der Waals surface area contributed by atoms with Crippen molar-refractivity contribution in [3.8, 4) is 0 Å². The van der Waals surface area contributed by atoms with E-state index >= 15 is 0 Å². The van der Waals surface area contributed by atoms with E-state index in [9.17, 15) is 9.59 Å². The van der Waals surface area contributed by atoms with E-state index in [2.05, 4.69) is 20.9 Å². The van der Waals surface area contributed by atoms with Crippen molar-refractivity contribution < 1.29 is 4.79 Å². The first-order valence-electron chi connectivity index (χ1n) is 6.13. The third-order valence-corrected chi connectivity index (χ3v) is 4.09. The fourth-order valence-electron chi connectivity index (χ4n) is 2.10. The number of aromatic amines is 1. The lowest BCUT2D eigenvalue weighted by Crippen LogP contribution is -2.29. The van der Waals surface area contributed by atoms with E-state index < -0.39 is 11.5 Å². The first kappa shape index (κ1) is 13.9. The molecule has 0 saturated carbocycles. The summed E-state index contributed by atoms with van der Waals surface area (Å²) in [5, 5.41) is 0.423. The molecule has 0 atom stereocenters. The molecule has 1 heterocycles. The second-order valence-corrected chi connectivity index (χ2v) is 5.64. The minimum atomic E-state index is -0.459. The lowest BCUT2D eigenvalue weighted by Gasteiger charge is -2.08. The average Bonchev–Trinajstić information content (AvgIpc) is 2.47. The van der Waals surface area contributed by atoms with Gasteiger partial charge in [-0.2, -0.15) is 0 Å². The van der Waals surface area contributed by atoms with Gasteiger partial charge in [-0.05, 0) is 52.4 Å². The summed E-state index contributed by atoms with van der Waals surface area (Å²) < 4.78 is 1.68. The number of nitrogens with one attached hydrogen (secondary N) is 1. The SMILES string of the molecule is O=C(c1ccccc1Br)n1c(=S)[nH]c2ccccc2c1=O. The lowest BCUT2D eigenvalue weighted by atomic mass is 10.2. The van der Waals surface area contributed by atoms with Gasteiger partial charge in [0, 0.05) is 4.47 Å². The van der Waals surface area contributed by atoms with Gasteiger partial charge in [-0.15, -0.1) is 0 Å². The molecule has 4 nitrogen and oxygen atoms in total. The van der Waals surface area contributed by atoms with Gasteiger partial charge in [0.1, 0.15) is 0 Å². The zero-order chi connectivity index (χ0) is 15.0. The van der Waals surface area contributed by atoms with Crippen LogP contribution < -0.4 is 5.56 Å². The highest BCUT2D eigenvalue weighted by atomic mass is 79.9. The second kappa shape index (κ2) is 5.38. The molecule has 0 spiro atoms. The molecule has 0 amide bonds. The summed E-state index contributed by atoms with van der Waals surface area (Å²) >= 11 is 8.47. The topological polar surface area (TPSA) is 54.9 Å².